The summed E-state index contributed by atoms with van der Waals surface area (Å²) in [5, 5.41) is -1.24. The van der Waals surface area contributed by atoms with E-state index in [1.165, 1.54) is 67.8 Å². The van der Waals surface area contributed by atoms with E-state index in [0.717, 1.165) is 0 Å². The van der Waals surface area contributed by atoms with Gasteiger partial charge in [-0.15, -0.1) is 0 Å². The van der Waals surface area contributed by atoms with Crippen molar-refractivity contribution in [3.8, 4) is 0 Å². The Hall–Kier alpha value is 1.09. The maximum Gasteiger partial charge on any atom is 0.418 e. The van der Waals surface area contributed by atoms with E-state index in [1.54, 1.807) is 0 Å². The molecule has 0 spiro atoms. The molecule has 0 saturated heterocycles. The lowest BCUT2D eigenvalue weighted by atomic mass is 10.1. The van der Waals surface area contributed by atoms with Crippen molar-refractivity contribution in [3.63, 3.8) is 0 Å². The van der Waals surface area contributed by atoms with Gasteiger partial charge in [0.25, 0.3) is 5.24 Å². The van der Waals surface area contributed by atoms with Gasteiger partial charge in [0.05, 0.1) is 14.7 Å². The van der Waals surface area contributed by atoms with E-state index >= 15 is 0 Å². The van der Waals surface area contributed by atoms with E-state index in [9.17, 15) is 22.4 Å². The topological polar surface area (TPSA) is 17.1 Å². The van der Waals surface area contributed by atoms with Crippen LogP contribution in [0.5, 0.6) is 0 Å². The van der Waals surface area contributed by atoms with Crippen molar-refractivity contribution in [1.82, 2.24) is 0 Å². The molecule has 9 heteroatoms. The number of alkyl halides is 3. The Morgan fingerprint density at radius 2 is 1.53 bits per heavy atom. The van der Waals surface area contributed by atoms with Crippen LogP contribution in [0.1, 0.15) is 15.9 Å². The standard InChI is InChI=1S/C8ClF4I3O/c9-7(17)1-3(10)6(16)5(15)2(4(1)14)8(11,12)13. The van der Waals surface area contributed by atoms with Crippen LogP contribution in [0.4, 0.5) is 17.6 Å². The molecule has 0 atom stereocenters. The maximum absolute atomic E-state index is 13.7. The highest BCUT2D eigenvalue weighted by Gasteiger charge is 2.39. The molecule has 0 heterocycles. The highest BCUT2D eigenvalue weighted by Crippen LogP contribution is 2.41. The van der Waals surface area contributed by atoms with Gasteiger partial charge in [0.15, 0.2) is 5.82 Å². The lowest BCUT2D eigenvalue weighted by Gasteiger charge is -2.15. The van der Waals surface area contributed by atoms with Gasteiger partial charge in [0.1, 0.15) is 0 Å². The molecule has 0 bridgehead atoms. The van der Waals surface area contributed by atoms with Crippen LogP contribution in [0.2, 0.25) is 0 Å². The van der Waals surface area contributed by atoms with Crippen molar-refractivity contribution in [2.45, 2.75) is 6.18 Å². The minimum atomic E-state index is -4.66. The number of carbonyl (C=O) groups excluding carboxylic acids is 1. The summed E-state index contributed by atoms with van der Waals surface area (Å²) in [5.74, 6) is -1.02. The number of hydrogen-bond donors (Lipinski definition) is 0. The highest BCUT2D eigenvalue weighted by molar-refractivity contribution is 14.1. The molecule has 0 fully saturated rings. The Balaban J connectivity index is 3.81. The van der Waals surface area contributed by atoms with E-state index in [2.05, 4.69) is 0 Å². The fourth-order valence-electron chi connectivity index (χ4n) is 1.05. The van der Waals surface area contributed by atoms with Crippen molar-refractivity contribution < 1.29 is 22.4 Å². The summed E-state index contributed by atoms with van der Waals surface area (Å²) in [6.45, 7) is 0. The summed E-state index contributed by atoms with van der Waals surface area (Å²) in [5.41, 5.74) is -1.77. The SMILES string of the molecule is O=C(Cl)c1c(F)c(I)c(I)c(C(F)(F)F)c1I. The largest absolute Gasteiger partial charge is 0.418 e. The summed E-state index contributed by atoms with van der Waals surface area (Å²) in [6.07, 6.45) is -4.66. The molecular weight excluding hydrogens is 604 g/mol. The normalized spacial score (nSPS) is 11.8. The van der Waals surface area contributed by atoms with Gasteiger partial charge >= 0.3 is 6.18 Å². The van der Waals surface area contributed by atoms with Crippen LogP contribution in [0.3, 0.4) is 0 Å². The summed E-state index contributed by atoms with van der Waals surface area (Å²) >= 11 is 9.19. The molecule has 0 aliphatic heterocycles. The molecular formula is C8ClF4I3O. The zero-order valence-electron chi connectivity index (χ0n) is 7.43. The quantitative estimate of drug-likeness (QED) is 0.145. The lowest BCUT2D eigenvalue weighted by Crippen LogP contribution is -2.16. The van der Waals surface area contributed by atoms with Crippen molar-refractivity contribution in [3.05, 3.63) is 27.7 Å². The zero-order valence-corrected chi connectivity index (χ0v) is 14.7. The van der Waals surface area contributed by atoms with Gasteiger partial charge in [0.2, 0.25) is 0 Å². The minimum absolute atomic E-state index is 0.264. The van der Waals surface area contributed by atoms with Crippen molar-refractivity contribution in [1.29, 1.82) is 0 Å². The average Bonchev–Trinajstić information content (AvgIpc) is 2.11. The van der Waals surface area contributed by atoms with Crippen LogP contribution in [0.15, 0.2) is 0 Å². The zero-order chi connectivity index (χ0) is 13.5. The molecule has 0 aliphatic carbocycles. The fourth-order valence-corrected chi connectivity index (χ4v) is 4.32. The van der Waals surface area contributed by atoms with Crippen molar-refractivity contribution in [2.24, 2.45) is 0 Å². The molecule has 0 aliphatic rings. The minimum Gasteiger partial charge on any atom is -0.275 e. The second kappa shape index (κ2) is 5.61. The van der Waals surface area contributed by atoms with Gasteiger partial charge in [-0.3, -0.25) is 4.79 Å². The fraction of sp³-hybridized carbons (Fsp3) is 0.125. The third-order valence-electron chi connectivity index (χ3n) is 1.74. The Bertz CT molecular complexity index is 501. The third kappa shape index (κ3) is 3.16. The number of carbonyl (C=O) groups is 1. The average molecular weight is 604 g/mol. The molecule has 1 aromatic carbocycles. The van der Waals surface area contributed by atoms with E-state index in [4.69, 9.17) is 11.6 Å². The van der Waals surface area contributed by atoms with Gasteiger partial charge in [-0.1, -0.05) is 0 Å². The number of halogens is 8. The molecule has 17 heavy (non-hydrogen) atoms. The number of rotatable bonds is 1. The molecule has 0 saturated carbocycles. The first-order chi connectivity index (χ1) is 7.59. The Labute approximate surface area is 139 Å². The second-order valence-corrected chi connectivity index (χ2v) is 6.36. The summed E-state index contributed by atoms with van der Waals surface area (Å²) in [6, 6.07) is 0. The Kier molecular flexibility index (Phi) is 5.33. The van der Waals surface area contributed by atoms with Gasteiger partial charge in [0, 0.05) is 7.14 Å². The molecule has 1 rings (SSSR count). The number of hydrogen-bond acceptors (Lipinski definition) is 1. The van der Waals surface area contributed by atoms with E-state index in [0.29, 0.717) is 0 Å². The highest BCUT2D eigenvalue weighted by atomic mass is 127. The molecule has 0 amide bonds. The van der Waals surface area contributed by atoms with Crippen LogP contribution in [-0.2, 0) is 6.18 Å². The molecule has 0 aromatic heterocycles. The molecule has 1 aromatic rings. The Morgan fingerprint density at radius 3 is 1.88 bits per heavy atom. The maximum atomic E-state index is 13.7. The number of benzene rings is 1. The first-order valence-corrected chi connectivity index (χ1v) is 7.33. The molecule has 94 valence electrons. The van der Waals surface area contributed by atoms with Crippen LogP contribution in [-0.4, -0.2) is 5.24 Å². The van der Waals surface area contributed by atoms with E-state index in [1.807, 2.05) is 0 Å². The first-order valence-electron chi connectivity index (χ1n) is 3.72. The van der Waals surface area contributed by atoms with Crippen LogP contribution in [0, 0.1) is 16.5 Å². The first kappa shape index (κ1) is 16.1. The Morgan fingerprint density at radius 1 is 1.06 bits per heavy atom. The summed E-state index contributed by atoms with van der Waals surface area (Å²) in [4.78, 5) is 11.0. The predicted octanol–water partition coefficient (Wildman–Crippen LogP) is 5.04. The molecule has 1 nitrogen and oxygen atoms in total. The van der Waals surface area contributed by atoms with Crippen LogP contribution < -0.4 is 0 Å². The molecule has 0 radical (unpaired) electrons. The summed E-state index contributed by atoms with van der Waals surface area (Å²) in [7, 11) is 0. The predicted molar refractivity (Wildman–Crippen MR) is 79.7 cm³/mol. The van der Waals surface area contributed by atoms with Crippen molar-refractivity contribution >= 4 is 84.6 Å². The van der Waals surface area contributed by atoms with Crippen molar-refractivity contribution in [2.75, 3.05) is 0 Å². The smallest absolute Gasteiger partial charge is 0.275 e. The summed E-state index contributed by atoms with van der Waals surface area (Å²) < 4.78 is 50.9. The van der Waals surface area contributed by atoms with Gasteiger partial charge < -0.3 is 0 Å². The van der Waals surface area contributed by atoms with Gasteiger partial charge in [-0.2, -0.15) is 13.2 Å². The monoisotopic (exact) mass is 604 g/mol. The molecule has 0 N–H and O–H groups in total. The van der Waals surface area contributed by atoms with Gasteiger partial charge in [-0.05, 0) is 79.4 Å². The third-order valence-corrected chi connectivity index (χ3v) is 6.13. The van der Waals surface area contributed by atoms with Gasteiger partial charge in [-0.25, -0.2) is 4.39 Å². The van der Waals surface area contributed by atoms with E-state index < -0.39 is 31.9 Å². The second-order valence-electron chi connectivity index (χ2n) is 2.78. The molecule has 0 unspecified atom stereocenters. The van der Waals surface area contributed by atoms with Crippen LogP contribution >= 0.6 is 79.4 Å². The van der Waals surface area contributed by atoms with Crippen LogP contribution in [0.25, 0.3) is 0 Å². The van der Waals surface area contributed by atoms with E-state index in [-0.39, 0.29) is 7.14 Å². The lowest BCUT2D eigenvalue weighted by molar-refractivity contribution is -0.139.